The number of piperazine rings is 1. The monoisotopic (exact) mass is 464 g/mol. The van der Waals surface area contributed by atoms with E-state index in [9.17, 15) is 8.42 Å². The summed E-state index contributed by atoms with van der Waals surface area (Å²) in [5, 5.41) is 0. The molecule has 0 N–H and O–H groups in total. The number of ether oxygens (including phenoxy) is 4. The van der Waals surface area contributed by atoms with Gasteiger partial charge in [-0.25, -0.2) is 8.42 Å². The minimum absolute atomic E-state index is 0.294. The number of benzene rings is 2. The highest BCUT2D eigenvalue weighted by Crippen LogP contribution is 2.29. The number of sulfonamides is 1. The van der Waals surface area contributed by atoms with Crippen molar-refractivity contribution >= 4 is 10.0 Å². The molecule has 0 saturated carbocycles. The lowest BCUT2D eigenvalue weighted by Crippen LogP contribution is -2.48. The molecule has 0 atom stereocenters. The largest absolute Gasteiger partial charge is 0.493 e. The van der Waals surface area contributed by atoms with Crippen LogP contribution in [0.5, 0.6) is 17.2 Å². The normalized spacial score (nSPS) is 15.5. The molecule has 0 bridgehead atoms. The van der Waals surface area contributed by atoms with Gasteiger partial charge in [0.25, 0.3) is 0 Å². The van der Waals surface area contributed by atoms with Gasteiger partial charge in [-0.3, -0.25) is 4.90 Å². The fraction of sp³-hybridized carbons (Fsp3) is 0.478. The summed E-state index contributed by atoms with van der Waals surface area (Å²) >= 11 is 0. The molecule has 0 amide bonds. The van der Waals surface area contributed by atoms with Crippen LogP contribution in [0, 0.1) is 6.92 Å². The molecular weight excluding hydrogens is 432 g/mol. The predicted octanol–water partition coefficient (Wildman–Crippen LogP) is 2.54. The molecule has 0 aliphatic carbocycles. The average molecular weight is 465 g/mol. The van der Waals surface area contributed by atoms with E-state index in [4.69, 9.17) is 18.9 Å². The first kappa shape index (κ1) is 24.3. The van der Waals surface area contributed by atoms with E-state index in [2.05, 4.69) is 4.90 Å². The van der Waals surface area contributed by atoms with Gasteiger partial charge in [0, 0.05) is 39.8 Å². The molecule has 1 saturated heterocycles. The van der Waals surface area contributed by atoms with E-state index in [1.807, 2.05) is 25.1 Å². The van der Waals surface area contributed by atoms with Gasteiger partial charge in [0.1, 0.15) is 12.4 Å². The predicted molar refractivity (Wildman–Crippen MR) is 122 cm³/mol. The minimum atomic E-state index is -3.55. The van der Waals surface area contributed by atoms with Gasteiger partial charge in [0.2, 0.25) is 10.0 Å². The number of aryl methyl sites for hydroxylation is 1. The zero-order chi connectivity index (χ0) is 23.1. The molecule has 9 heteroatoms. The molecule has 1 fully saturated rings. The van der Waals surface area contributed by atoms with Crippen molar-refractivity contribution in [2.75, 3.05) is 60.7 Å². The average Bonchev–Trinajstić information content (AvgIpc) is 2.80. The first-order valence-corrected chi connectivity index (χ1v) is 12.0. The molecule has 1 heterocycles. The van der Waals surface area contributed by atoms with Gasteiger partial charge in [-0.1, -0.05) is 6.07 Å². The summed E-state index contributed by atoms with van der Waals surface area (Å²) < 4.78 is 49.1. The molecule has 2 aromatic rings. The van der Waals surface area contributed by atoms with E-state index in [0.717, 1.165) is 17.7 Å². The summed E-state index contributed by atoms with van der Waals surface area (Å²) in [6.45, 7) is 5.68. The topological polar surface area (TPSA) is 77.5 Å². The molecule has 0 unspecified atom stereocenters. The van der Waals surface area contributed by atoms with Crippen LogP contribution < -0.4 is 14.2 Å². The van der Waals surface area contributed by atoms with E-state index >= 15 is 0 Å². The lowest BCUT2D eigenvalue weighted by Gasteiger charge is -2.34. The lowest BCUT2D eigenvalue weighted by atomic mass is 10.1. The maximum Gasteiger partial charge on any atom is 0.243 e. The third-order valence-corrected chi connectivity index (χ3v) is 7.41. The molecule has 0 aromatic heterocycles. The highest BCUT2D eigenvalue weighted by atomic mass is 32.2. The quantitative estimate of drug-likeness (QED) is 0.500. The zero-order valence-corrected chi connectivity index (χ0v) is 20.0. The molecule has 2 aromatic carbocycles. The van der Waals surface area contributed by atoms with Crippen molar-refractivity contribution < 1.29 is 27.4 Å². The zero-order valence-electron chi connectivity index (χ0n) is 19.2. The van der Waals surface area contributed by atoms with Gasteiger partial charge < -0.3 is 18.9 Å². The Morgan fingerprint density at radius 3 is 2.16 bits per heavy atom. The van der Waals surface area contributed by atoms with E-state index in [1.165, 1.54) is 0 Å². The summed E-state index contributed by atoms with van der Waals surface area (Å²) in [7, 11) is 1.29. The van der Waals surface area contributed by atoms with Gasteiger partial charge in [0.05, 0.1) is 25.7 Å². The van der Waals surface area contributed by atoms with Crippen LogP contribution in [0.2, 0.25) is 0 Å². The highest BCUT2D eigenvalue weighted by Gasteiger charge is 2.29. The van der Waals surface area contributed by atoms with E-state index in [-0.39, 0.29) is 0 Å². The van der Waals surface area contributed by atoms with Crippen LogP contribution >= 0.6 is 0 Å². The van der Waals surface area contributed by atoms with Crippen LogP contribution in [0.1, 0.15) is 11.1 Å². The Hall–Kier alpha value is -2.33. The summed E-state index contributed by atoms with van der Waals surface area (Å²) in [5.74, 6) is 2.05. The maximum absolute atomic E-state index is 13.1. The number of hydrogen-bond acceptors (Lipinski definition) is 7. The standard InChI is InChI=1S/C23H32N2O6S/c1-18-15-20(6-8-21(18)31-14-13-28-2)32(26,27)25-11-9-24(10-12-25)17-19-5-7-22(29-3)23(16-19)30-4/h5-8,15-16H,9-14,17H2,1-4H3. The van der Waals surface area contributed by atoms with E-state index in [1.54, 1.807) is 43.8 Å². The molecule has 0 radical (unpaired) electrons. The fourth-order valence-corrected chi connectivity index (χ4v) is 5.20. The van der Waals surface area contributed by atoms with Crippen LogP contribution in [-0.2, 0) is 21.3 Å². The van der Waals surface area contributed by atoms with Crippen molar-refractivity contribution in [3.05, 3.63) is 47.5 Å². The molecular formula is C23H32N2O6S. The second-order valence-electron chi connectivity index (χ2n) is 7.64. The van der Waals surface area contributed by atoms with Crippen LogP contribution in [0.3, 0.4) is 0 Å². The SMILES string of the molecule is COCCOc1ccc(S(=O)(=O)N2CCN(Cc3ccc(OC)c(OC)c3)CC2)cc1C. The number of hydrogen-bond donors (Lipinski definition) is 0. The van der Waals surface area contributed by atoms with Gasteiger partial charge in [-0.15, -0.1) is 0 Å². The molecule has 1 aliphatic heterocycles. The second kappa shape index (κ2) is 11.0. The molecule has 0 spiro atoms. The first-order chi connectivity index (χ1) is 15.4. The smallest absolute Gasteiger partial charge is 0.243 e. The fourth-order valence-electron chi connectivity index (χ4n) is 3.69. The Bertz CT molecular complexity index is 1000. The third-order valence-electron chi connectivity index (χ3n) is 5.51. The van der Waals surface area contributed by atoms with E-state index < -0.39 is 10.0 Å². The van der Waals surface area contributed by atoms with Crippen molar-refractivity contribution in [3.8, 4) is 17.2 Å². The van der Waals surface area contributed by atoms with E-state index in [0.29, 0.717) is 61.5 Å². The Labute approximate surface area is 190 Å². The summed E-state index contributed by atoms with van der Waals surface area (Å²) in [6, 6.07) is 10.9. The van der Waals surface area contributed by atoms with Crippen LogP contribution in [0.4, 0.5) is 0 Å². The summed E-state index contributed by atoms with van der Waals surface area (Å²) in [6.07, 6.45) is 0. The van der Waals surface area contributed by atoms with Crippen molar-refractivity contribution in [2.24, 2.45) is 0 Å². The van der Waals surface area contributed by atoms with Gasteiger partial charge >= 0.3 is 0 Å². The summed E-state index contributed by atoms with van der Waals surface area (Å²) in [4.78, 5) is 2.54. The molecule has 176 valence electrons. The Kier molecular flexibility index (Phi) is 8.36. The number of methoxy groups -OCH3 is 3. The van der Waals surface area contributed by atoms with Crippen molar-refractivity contribution in [2.45, 2.75) is 18.4 Å². The Morgan fingerprint density at radius 2 is 1.53 bits per heavy atom. The van der Waals surface area contributed by atoms with Gasteiger partial charge in [-0.2, -0.15) is 4.31 Å². The molecule has 32 heavy (non-hydrogen) atoms. The molecule has 8 nitrogen and oxygen atoms in total. The second-order valence-corrected chi connectivity index (χ2v) is 9.58. The van der Waals surface area contributed by atoms with Crippen LogP contribution in [-0.4, -0.2) is 78.3 Å². The van der Waals surface area contributed by atoms with Gasteiger partial charge in [0.15, 0.2) is 11.5 Å². The summed E-state index contributed by atoms with van der Waals surface area (Å²) in [5.41, 5.74) is 1.88. The number of rotatable bonds is 10. The van der Waals surface area contributed by atoms with Crippen LogP contribution in [0.25, 0.3) is 0 Å². The lowest BCUT2D eigenvalue weighted by molar-refractivity contribution is 0.146. The third kappa shape index (κ3) is 5.72. The van der Waals surface area contributed by atoms with Crippen molar-refractivity contribution in [1.29, 1.82) is 0 Å². The Balaban J connectivity index is 1.61. The number of nitrogens with zero attached hydrogens (tertiary/aromatic N) is 2. The molecule has 1 aliphatic rings. The van der Waals surface area contributed by atoms with Crippen molar-refractivity contribution in [3.63, 3.8) is 0 Å². The maximum atomic E-state index is 13.1. The van der Waals surface area contributed by atoms with Crippen molar-refractivity contribution in [1.82, 2.24) is 9.21 Å². The highest BCUT2D eigenvalue weighted by molar-refractivity contribution is 7.89. The first-order valence-electron chi connectivity index (χ1n) is 10.5. The molecule has 3 rings (SSSR count). The Morgan fingerprint density at radius 1 is 0.844 bits per heavy atom. The minimum Gasteiger partial charge on any atom is -0.493 e. The van der Waals surface area contributed by atoms with Crippen LogP contribution in [0.15, 0.2) is 41.3 Å². The van der Waals surface area contributed by atoms with Gasteiger partial charge in [-0.05, 0) is 48.4 Å².